The van der Waals surface area contributed by atoms with E-state index in [9.17, 15) is 4.79 Å². The Bertz CT molecular complexity index is 1750. The molecule has 0 unspecified atom stereocenters. The molecule has 8 nitrogen and oxygen atoms in total. The van der Waals surface area contributed by atoms with Crippen molar-refractivity contribution in [2.45, 2.75) is 39.5 Å². The van der Waals surface area contributed by atoms with Crippen LogP contribution < -0.4 is 25.7 Å². The molecule has 244 valence electrons. The Morgan fingerprint density at radius 2 is 1.52 bits per heavy atom. The number of halogens is 1. The molecule has 2 fully saturated rings. The van der Waals surface area contributed by atoms with Crippen molar-refractivity contribution in [3.05, 3.63) is 70.0 Å². The third-order valence-corrected chi connectivity index (χ3v) is 9.61. The van der Waals surface area contributed by atoms with E-state index in [0.717, 1.165) is 92.3 Å². The Hall–Kier alpha value is -3.95. The zero-order chi connectivity index (χ0) is 32.0. The average molecular weight is 628 g/mol. The smallest absolute Gasteiger partial charge is 0.343 e. The van der Waals surface area contributed by atoms with Gasteiger partial charge >= 0.3 is 5.63 Å². The average Bonchev–Trinajstić information content (AvgIpc) is 3.78. The first kappa shape index (κ1) is 32.0. The van der Waals surface area contributed by atoms with Crippen molar-refractivity contribution in [2.75, 3.05) is 81.0 Å². The molecule has 0 radical (unpaired) electrons. The predicted molar refractivity (Wildman–Crippen MR) is 188 cm³/mol. The van der Waals surface area contributed by atoms with Crippen LogP contribution in [0.25, 0.3) is 34.0 Å². The maximum atomic E-state index is 15.5. The first-order valence-electron chi connectivity index (χ1n) is 17.0. The lowest BCUT2D eigenvalue weighted by atomic mass is 10.1. The number of fused-ring (bicyclic) bond motifs is 2. The Balaban J connectivity index is 1.31. The van der Waals surface area contributed by atoms with Crippen molar-refractivity contribution < 1.29 is 13.4 Å². The second-order valence-electron chi connectivity index (χ2n) is 12.6. The summed E-state index contributed by atoms with van der Waals surface area (Å²) in [6.07, 6.45) is 8.73. The molecule has 0 aliphatic carbocycles. The van der Waals surface area contributed by atoms with E-state index < -0.39 is 0 Å². The Morgan fingerprint density at radius 1 is 0.870 bits per heavy atom. The summed E-state index contributed by atoms with van der Waals surface area (Å²) in [4.78, 5) is 20.2. The monoisotopic (exact) mass is 627 g/mol. The summed E-state index contributed by atoms with van der Waals surface area (Å²) in [7, 11) is 1.99. The number of hydrogen-bond donors (Lipinski definition) is 2. The van der Waals surface area contributed by atoms with E-state index in [1.165, 1.54) is 25.7 Å². The molecule has 2 aliphatic heterocycles. The van der Waals surface area contributed by atoms with E-state index in [1.807, 2.05) is 49.5 Å². The topological polar surface area (TPSA) is 67.9 Å². The summed E-state index contributed by atoms with van der Waals surface area (Å²) in [5.41, 5.74) is 4.91. The van der Waals surface area contributed by atoms with Crippen molar-refractivity contribution in [1.29, 1.82) is 0 Å². The minimum Gasteiger partial charge on any atom is -0.422 e. The fourth-order valence-corrected chi connectivity index (χ4v) is 6.86. The normalized spacial score (nSPS) is 15.9. The summed E-state index contributed by atoms with van der Waals surface area (Å²) in [6.45, 7) is 13.8. The molecule has 6 rings (SSSR count). The number of hydrogen-bond acceptors (Lipinski definition) is 7. The fourth-order valence-electron chi connectivity index (χ4n) is 6.86. The van der Waals surface area contributed by atoms with E-state index in [-0.39, 0.29) is 11.4 Å². The number of rotatable bonds is 13. The van der Waals surface area contributed by atoms with Crippen LogP contribution in [0.4, 0.5) is 21.5 Å². The van der Waals surface area contributed by atoms with Gasteiger partial charge in [0.15, 0.2) is 0 Å². The van der Waals surface area contributed by atoms with Gasteiger partial charge in [0.1, 0.15) is 18.4 Å². The maximum Gasteiger partial charge on any atom is 0.343 e. The molecule has 2 aliphatic rings. The quantitative estimate of drug-likeness (QED) is 0.141. The van der Waals surface area contributed by atoms with Gasteiger partial charge in [0.05, 0.1) is 22.3 Å². The molecule has 4 aromatic rings. The summed E-state index contributed by atoms with van der Waals surface area (Å²) in [6, 6.07) is 13.5. The molecule has 0 spiro atoms. The highest BCUT2D eigenvalue weighted by atomic mass is 19.1. The van der Waals surface area contributed by atoms with Crippen molar-refractivity contribution in [1.82, 2.24) is 9.80 Å². The molecule has 2 aromatic carbocycles. The van der Waals surface area contributed by atoms with Crippen LogP contribution in [0.15, 0.2) is 51.7 Å². The molecule has 0 bridgehead atoms. The number of benzene rings is 2. The summed E-state index contributed by atoms with van der Waals surface area (Å²) in [5.74, 6) is -0.252. The van der Waals surface area contributed by atoms with Gasteiger partial charge < -0.3 is 29.8 Å². The molecule has 0 atom stereocenters. The van der Waals surface area contributed by atoms with E-state index in [4.69, 9.17) is 4.42 Å². The lowest BCUT2D eigenvalue weighted by Gasteiger charge is -2.20. The molecule has 0 saturated carbocycles. The maximum absolute atomic E-state index is 15.5. The molecule has 46 heavy (non-hydrogen) atoms. The lowest BCUT2D eigenvalue weighted by Crippen LogP contribution is -2.34. The highest BCUT2D eigenvalue weighted by Crippen LogP contribution is 2.29. The van der Waals surface area contributed by atoms with E-state index in [0.29, 0.717) is 23.4 Å². The molecule has 2 saturated heterocycles. The van der Waals surface area contributed by atoms with Crippen molar-refractivity contribution in [3.63, 3.8) is 0 Å². The van der Waals surface area contributed by atoms with Gasteiger partial charge in [0, 0.05) is 74.6 Å². The first-order chi connectivity index (χ1) is 22.4. The molecule has 0 amide bonds. The van der Waals surface area contributed by atoms with Crippen LogP contribution in [0, 0.1) is 5.82 Å². The van der Waals surface area contributed by atoms with E-state index >= 15 is 4.39 Å². The van der Waals surface area contributed by atoms with Gasteiger partial charge in [0.2, 0.25) is 11.2 Å². The minimum atomic E-state index is -0.376. The highest BCUT2D eigenvalue weighted by molar-refractivity contribution is 5.92. The molecule has 2 aromatic heterocycles. The van der Waals surface area contributed by atoms with Crippen LogP contribution in [0.1, 0.15) is 50.8 Å². The van der Waals surface area contributed by atoms with E-state index in [1.54, 1.807) is 6.07 Å². The number of aryl methyl sites for hydroxylation is 1. The number of likely N-dealkylation sites (tertiary alicyclic amines) is 2. The number of aromatic nitrogens is 1. The second-order valence-corrected chi connectivity index (χ2v) is 12.6. The number of anilines is 3. The van der Waals surface area contributed by atoms with Gasteiger partial charge in [0.25, 0.3) is 0 Å². The third-order valence-electron chi connectivity index (χ3n) is 9.61. The first-order valence-corrected chi connectivity index (χ1v) is 17.0. The van der Waals surface area contributed by atoms with Crippen LogP contribution in [0.5, 0.6) is 0 Å². The summed E-state index contributed by atoms with van der Waals surface area (Å²) in [5, 5.41) is 8.66. The number of nitrogens with zero attached hydrogens (tertiary/aromatic N) is 4. The standard InChI is InChI=1S/C37H47FN6O2/c1-4-44(5-2)30-13-10-27-22-28(37(45)46-36(27)24-30)11-12-29-23-33(39-14-20-42-16-6-7-17-42)31-25-32(38)34(26-35(31)41(29)3)40-15-21-43-18-8-9-19-43/h10-13,22-26H,4-9,14-21H2,1-3H3,(H,39,40)/p+1/b12-11+. The fraction of sp³-hybridized carbons (Fsp3) is 0.459. The van der Waals surface area contributed by atoms with Crippen molar-refractivity contribution >= 4 is 51.1 Å². The van der Waals surface area contributed by atoms with Crippen molar-refractivity contribution in [2.24, 2.45) is 7.05 Å². The Kier molecular flexibility index (Phi) is 10.2. The summed E-state index contributed by atoms with van der Waals surface area (Å²) >= 11 is 0. The van der Waals surface area contributed by atoms with Crippen LogP contribution in [0.2, 0.25) is 0 Å². The highest BCUT2D eigenvalue weighted by Gasteiger charge is 2.20. The van der Waals surface area contributed by atoms with Gasteiger partial charge in [-0.05, 0) is 96.1 Å². The van der Waals surface area contributed by atoms with Gasteiger partial charge in [-0.15, -0.1) is 0 Å². The van der Waals surface area contributed by atoms with Crippen LogP contribution in [-0.2, 0) is 7.05 Å². The SMILES string of the molecule is CCN(CC)c1ccc2cc(/C=C/c3cc(NCCN4CCCC4)c4cc(F)c(NCCN5CCCC5)cc4[n+]3C)c(=O)oc2c1. The summed E-state index contributed by atoms with van der Waals surface area (Å²) < 4.78 is 23.3. The minimum absolute atomic E-state index is 0.252. The van der Waals surface area contributed by atoms with Gasteiger partial charge in [-0.3, -0.25) is 0 Å². The number of nitrogens with one attached hydrogen (secondary N) is 2. The van der Waals surface area contributed by atoms with Crippen LogP contribution in [0.3, 0.4) is 0 Å². The van der Waals surface area contributed by atoms with Crippen LogP contribution in [-0.4, -0.2) is 75.2 Å². The largest absolute Gasteiger partial charge is 0.422 e. The van der Waals surface area contributed by atoms with Gasteiger partial charge in [-0.25, -0.2) is 9.18 Å². The zero-order valence-electron chi connectivity index (χ0n) is 27.6. The molecule has 9 heteroatoms. The van der Waals surface area contributed by atoms with Gasteiger partial charge in [-0.1, -0.05) is 0 Å². The number of pyridine rings is 1. The van der Waals surface area contributed by atoms with Gasteiger partial charge in [-0.2, -0.15) is 4.57 Å². The zero-order valence-corrected chi connectivity index (χ0v) is 27.6. The van der Waals surface area contributed by atoms with Crippen molar-refractivity contribution in [3.8, 4) is 0 Å². The van der Waals surface area contributed by atoms with E-state index in [2.05, 4.69) is 49.8 Å². The predicted octanol–water partition coefficient (Wildman–Crippen LogP) is 5.94. The Morgan fingerprint density at radius 3 is 2.17 bits per heavy atom. The third kappa shape index (κ3) is 7.21. The Labute approximate surface area is 271 Å². The lowest BCUT2D eigenvalue weighted by molar-refractivity contribution is -0.646. The van der Waals surface area contributed by atoms with Crippen LogP contribution >= 0.6 is 0 Å². The molecular formula is C37H48FN6O2+. The second kappa shape index (κ2) is 14.6. The molecule has 2 N–H and O–H groups in total. The molecule has 4 heterocycles. The molecular weight excluding hydrogens is 579 g/mol.